The molecule has 0 aliphatic heterocycles. The van der Waals surface area contributed by atoms with Crippen molar-refractivity contribution in [1.82, 2.24) is 5.32 Å². The lowest BCUT2D eigenvalue weighted by atomic mass is 9.98. The van der Waals surface area contributed by atoms with Crippen LogP contribution in [0.15, 0.2) is 54.6 Å². The first kappa shape index (κ1) is 15.5. The summed E-state index contributed by atoms with van der Waals surface area (Å²) >= 11 is 0. The fourth-order valence-electron chi connectivity index (χ4n) is 2.41. The van der Waals surface area contributed by atoms with Crippen LogP contribution in [0.5, 0.6) is 5.75 Å². The smallest absolute Gasteiger partial charge is 0.118 e. The van der Waals surface area contributed by atoms with E-state index in [0.29, 0.717) is 6.61 Å². The van der Waals surface area contributed by atoms with Gasteiger partial charge in [-0.1, -0.05) is 42.5 Å². The highest BCUT2D eigenvalue weighted by Gasteiger charge is 2.16. The molecular weight excluding hydrogens is 262 g/mol. The minimum atomic E-state index is 0.141. The highest BCUT2D eigenvalue weighted by atomic mass is 16.5. The average Bonchev–Trinajstić information content (AvgIpc) is 2.54. The Kier molecular flexibility index (Phi) is 5.78. The molecule has 2 unspecified atom stereocenters. The molecule has 0 spiro atoms. The van der Waals surface area contributed by atoms with Gasteiger partial charge in [0.1, 0.15) is 5.75 Å². The van der Waals surface area contributed by atoms with E-state index in [1.165, 1.54) is 11.1 Å². The minimum Gasteiger partial charge on any atom is -0.497 e. The lowest BCUT2D eigenvalue weighted by Gasteiger charge is -2.24. The maximum Gasteiger partial charge on any atom is 0.118 e. The molecule has 0 fully saturated rings. The van der Waals surface area contributed by atoms with E-state index in [4.69, 9.17) is 9.47 Å². The average molecular weight is 285 g/mol. The van der Waals surface area contributed by atoms with Gasteiger partial charge in [0.05, 0.1) is 19.8 Å². The van der Waals surface area contributed by atoms with Crippen molar-refractivity contribution in [1.29, 1.82) is 0 Å². The molecule has 0 aliphatic carbocycles. The lowest BCUT2D eigenvalue weighted by Crippen LogP contribution is -2.34. The Balaban J connectivity index is 2.26. The molecule has 0 amide bonds. The van der Waals surface area contributed by atoms with E-state index in [1.54, 1.807) is 14.2 Å². The van der Waals surface area contributed by atoms with Gasteiger partial charge in [-0.25, -0.2) is 0 Å². The lowest BCUT2D eigenvalue weighted by molar-refractivity contribution is 0.169. The molecule has 0 bridgehead atoms. The van der Waals surface area contributed by atoms with Crippen LogP contribution in [0.4, 0.5) is 0 Å². The molecule has 0 heterocycles. The van der Waals surface area contributed by atoms with Gasteiger partial charge in [0.25, 0.3) is 0 Å². The Labute approximate surface area is 126 Å². The first-order valence-corrected chi connectivity index (χ1v) is 7.18. The Morgan fingerprint density at radius 1 is 0.905 bits per heavy atom. The monoisotopic (exact) mass is 285 g/mol. The van der Waals surface area contributed by atoms with E-state index >= 15 is 0 Å². The fourth-order valence-corrected chi connectivity index (χ4v) is 2.41. The molecule has 21 heavy (non-hydrogen) atoms. The number of hydrogen-bond donors (Lipinski definition) is 1. The van der Waals surface area contributed by atoms with Crippen LogP contribution in [-0.2, 0) is 4.74 Å². The summed E-state index contributed by atoms with van der Waals surface area (Å²) in [5.41, 5.74) is 2.45. The molecule has 3 nitrogen and oxygen atoms in total. The molecule has 0 aromatic heterocycles. The van der Waals surface area contributed by atoms with Gasteiger partial charge in [-0.05, 0) is 30.2 Å². The van der Waals surface area contributed by atoms with Crippen molar-refractivity contribution in [3.63, 3.8) is 0 Å². The van der Waals surface area contributed by atoms with E-state index < -0.39 is 0 Å². The van der Waals surface area contributed by atoms with Gasteiger partial charge in [-0.2, -0.15) is 0 Å². The number of rotatable bonds is 7. The quantitative estimate of drug-likeness (QED) is 0.845. The molecule has 2 rings (SSSR count). The first-order chi connectivity index (χ1) is 10.2. The molecule has 0 radical (unpaired) electrons. The summed E-state index contributed by atoms with van der Waals surface area (Å²) < 4.78 is 10.5. The third-order valence-electron chi connectivity index (χ3n) is 3.45. The number of methoxy groups -OCH3 is 2. The number of benzene rings is 2. The largest absolute Gasteiger partial charge is 0.497 e. The minimum absolute atomic E-state index is 0.141. The molecular formula is C18H23NO2. The topological polar surface area (TPSA) is 30.5 Å². The van der Waals surface area contributed by atoms with Gasteiger partial charge < -0.3 is 14.8 Å². The zero-order chi connectivity index (χ0) is 15.1. The van der Waals surface area contributed by atoms with Crippen molar-refractivity contribution in [2.24, 2.45) is 0 Å². The van der Waals surface area contributed by atoms with Crippen LogP contribution >= 0.6 is 0 Å². The number of ether oxygens (including phenoxy) is 2. The van der Waals surface area contributed by atoms with Crippen molar-refractivity contribution < 1.29 is 9.47 Å². The van der Waals surface area contributed by atoms with E-state index in [9.17, 15) is 0 Å². The molecule has 2 aromatic rings. The second kappa shape index (κ2) is 7.81. The van der Waals surface area contributed by atoms with Crippen molar-refractivity contribution in [2.75, 3.05) is 20.8 Å². The second-order valence-corrected chi connectivity index (χ2v) is 5.14. The molecule has 0 aliphatic rings. The van der Waals surface area contributed by atoms with Crippen LogP contribution in [-0.4, -0.2) is 26.9 Å². The molecule has 0 saturated heterocycles. The summed E-state index contributed by atoms with van der Waals surface area (Å²) in [7, 11) is 3.41. The van der Waals surface area contributed by atoms with Gasteiger partial charge in [0.15, 0.2) is 0 Å². The Hall–Kier alpha value is -1.84. The summed E-state index contributed by atoms with van der Waals surface area (Å²) in [6.45, 7) is 2.81. The summed E-state index contributed by atoms with van der Waals surface area (Å²) in [4.78, 5) is 0. The van der Waals surface area contributed by atoms with E-state index in [1.807, 2.05) is 18.2 Å². The molecule has 1 N–H and O–H groups in total. The van der Waals surface area contributed by atoms with E-state index in [0.717, 1.165) is 5.75 Å². The van der Waals surface area contributed by atoms with Crippen molar-refractivity contribution in [3.05, 3.63) is 65.7 Å². The Morgan fingerprint density at radius 3 is 2.10 bits per heavy atom. The SMILES string of the molecule is COCC(C)NC(c1ccccc1)c1ccc(OC)cc1. The summed E-state index contributed by atoms with van der Waals surface area (Å²) in [6, 6.07) is 19.0. The van der Waals surface area contributed by atoms with Crippen LogP contribution in [0.2, 0.25) is 0 Å². The van der Waals surface area contributed by atoms with Crippen LogP contribution in [0.25, 0.3) is 0 Å². The summed E-state index contributed by atoms with van der Waals surface area (Å²) in [6.07, 6.45) is 0. The van der Waals surface area contributed by atoms with Crippen molar-refractivity contribution in [3.8, 4) is 5.75 Å². The fraction of sp³-hybridized carbons (Fsp3) is 0.333. The van der Waals surface area contributed by atoms with E-state index in [-0.39, 0.29) is 12.1 Å². The van der Waals surface area contributed by atoms with Gasteiger partial charge in [-0.3, -0.25) is 0 Å². The number of hydrogen-bond acceptors (Lipinski definition) is 3. The first-order valence-electron chi connectivity index (χ1n) is 7.18. The third-order valence-corrected chi connectivity index (χ3v) is 3.45. The normalized spacial score (nSPS) is 13.7. The van der Waals surface area contributed by atoms with Gasteiger partial charge in [0, 0.05) is 13.2 Å². The van der Waals surface area contributed by atoms with Crippen molar-refractivity contribution in [2.45, 2.75) is 19.0 Å². The van der Waals surface area contributed by atoms with Gasteiger partial charge >= 0.3 is 0 Å². The summed E-state index contributed by atoms with van der Waals surface area (Å²) in [5.74, 6) is 0.871. The maximum atomic E-state index is 5.23. The van der Waals surface area contributed by atoms with Gasteiger partial charge in [0.2, 0.25) is 0 Å². The molecule has 2 aromatic carbocycles. The Bertz CT molecular complexity index is 525. The highest BCUT2D eigenvalue weighted by molar-refractivity contribution is 5.35. The van der Waals surface area contributed by atoms with Crippen LogP contribution < -0.4 is 10.1 Å². The van der Waals surface area contributed by atoms with Crippen LogP contribution in [0.1, 0.15) is 24.1 Å². The molecule has 2 atom stereocenters. The van der Waals surface area contributed by atoms with Gasteiger partial charge in [-0.15, -0.1) is 0 Å². The molecule has 3 heteroatoms. The van der Waals surface area contributed by atoms with Crippen LogP contribution in [0, 0.1) is 0 Å². The van der Waals surface area contributed by atoms with Crippen molar-refractivity contribution >= 4 is 0 Å². The van der Waals surface area contributed by atoms with Crippen LogP contribution in [0.3, 0.4) is 0 Å². The summed E-state index contributed by atoms with van der Waals surface area (Å²) in [5, 5.41) is 3.62. The van der Waals surface area contributed by atoms with E-state index in [2.05, 4.69) is 48.6 Å². The highest BCUT2D eigenvalue weighted by Crippen LogP contribution is 2.24. The standard InChI is InChI=1S/C18H23NO2/c1-14(13-20-2)19-18(15-7-5-4-6-8-15)16-9-11-17(21-3)12-10-16/h4-12,14,18-19H,13H2,1-3H3. The molecule has 112 valence electrons. The Morgan fingerprint density at radius 2 is 1.52 bits per heavy atom. The second-order valence-electron chi connectivity index (χ2n) is 5.14. The zero-order valence-electron chi connectivity index (χ0n) is 12.9. The zero-order valence-corrected chi connectivity index (χ0v) is 12.9. The third kappa shape index (κ3) is 4.31. The predicted octanol–water partition coefficient (Wildman–Crippen LogP) is 3.41. The number of nitrogens with one attached hydrogen (secondary N) is 1. The predicted molar refractivity (Wildman–Crippen MR) is 85.8 cm³/mol. The maximum absolute atomic E-state index is 5.23. The molecule has 0 saturated carbocycles.